The van der Waals surface area contributed by atoms with E-state index in [1.54, 1.807) is 0 Å². The van der Waals surface area contributed by atoms with Crippen molar-refractivity contribution < 1.29 is 31.9 Å². The van der Waals surface area contributed by atoms with Gasteiger partial charge in [0.15, 0.2) is 0 Å². The summed E-state index contributed by atoms with van der Waals surface area (Å²) in [6, 6.07) is 0. The predicted octanol–water partition coefficient (Wildman–Crippen LogP) is -3.61. The van der Waals surface area contributed by atoms with Gasteiger partial charge in [0.1, 0.15) is 0 Å². The Kier molecular flexibility index (Phi) is 17.3. The van der Waals surface area contributed by atoms with Crippen molar-refractivity contribution in [1.29, 1.82) is 0 Å². The molecule has 0 N–H and O–H groups in total. The molecule has 0 aliphatic heterocycles. The van der Waals surface area contributed by atoms with Crippen LogP contribution in [0, 0.1) is 0 Å². The van der Waals surface area contributed by atoms with Crippen LogP contribution in [-0.2, 0) is 31.9 Å². The molecule has 9 heteroatoms. The summed E-state index contributed by atoms with van der Waals surface area (Å²) in [7, 11) is 0. The predicted molar refractivity (Wildman–Crippen MR) is 30.5 cm³/mol. The Morgan fingerprint density at radius 1 is 0.778 bits per heavy atom. The van der Waals surface area contributed by atoms with E-state index >= 15 is 0 Å². The molecule has 0 saturated heterocycles. The summed E-state index contributed by atoms with van der Waals surface area (Å²) in [5, 5.41) is 0. The van der Waals surface area contributed by atoms with E-state index in [9.17, 15) is 0 Å². The van der Waals surface area contributed by atoms with Crippen LogP contribution in [0.3, 0.4) is 0 Å². The van der Waals surface area contributed by atoms with E-state index in [1.165, 1.54) is 0 Å². The van der Waals surface area contributed by atoms with Gasteiger partial charge < -0.3 is 0 Å². The van der Waals surface area contributed by atoms with Crippen molar-refractivity contribution in [3.8, 4) is 0 Å². The minimum atomic E-state index is -8.05. The van der Waals surface area contributed by atoms with Gasteiger partial charge in [-0.3, -0.25) is 0 Å². The zero-order valence-corrected chi connectivity index (χ0v) is 11.9. The fourth-order valence-electron chi connectivity index (χ4n) is 0. The quantitative estimate of drug-likeness (QED) is 0.267. The molecule has 9 heavy (non-hydrogen) atoms. The molecule has 51 valence electrons. The average Bonchev–Trinajstić information content (AvgIpc) is 0.650. The second-order valence-electron chi connectivity index (χ2n) is 0.745. The van der Waals surface area contributed by atoms with E-state index in [-0.39, 0.29) is 109 Å². The molecule has 0 radical (unpaired) electrons. The number of hydrogen-bond acceptors (Lipinski definition) is 5. The van der Waals surface area contributed by atoms with E-state index in [1.807, 2.05) is 0 Å². The van der Waals surface area contributed by atoms with Crippen molar-refractivity contribution in [2.75, 3.05) is 0 Å². The first-order valence-electron chi connectivity index (χ1n) is 0.913. The summed E-state index contributed by atoms with van der Waals surface area (Å²) in [4.78, 5) is 0. The monoisotopic (exact) mass is 605 g/mol. The Labute approximate surface area is 137 Å². The van der Waals surface area contributed by atoms with Gasteiger partial charge in [-0.25, -0.2) is 0 Å². The standard InChI is InChI=1S/Bi.Ca.5O.Sr.Ta.7H. The zero-order valence-electron chi connectivity index (χ0n) is 3.20. The van der Waals surface area contributed by atoms with Gasteiger partial charge in [0, 0.05) is 0 Å². The van der Waals surface area contributed by atoms with Crippen LogP contribution in [0.4, 0.5) is 0 Å². The molecule has 0 aromatic carbocycles. The van der Waals surface area contributed by atoms with Crippen LogP contribution in [0.1, 0.15) is 0 Å². The molecule has 0 unspecified atom stereocenters. The molecule has 0 aliphatic rings. The van der Waals surface area contributed by atoms with E-state index in [4.69, 9.17) is 16.3 Å². The first kappa shape index (κ1) is 22.8. The van der Waals surface area contributed by atoms with Gasteiger partial charge in [0.05, 0.1) is 0 Å². The molecular formula is H7BiCaO5SrTa. The summed E-state index contributed by atoms with van der Waals surface area (Å²) in [6.07, 6.45) is 0. The molecule has 0 aromatic heterocycles. The van der Waals surface area contributed by atoms with Crippen LogP contribution in [0.25, 0.3) is 0 Å². The van der Waals surface area contributed by atoms with Crippen molar-refractivity contribution in [3.63, 3.8) is 0 Å². The van der Waals surface area contributed by atoms with Crippen LogP contribution in [-0.4, -0.2) is 109 Å². The average molecular weight is 605 g/mol. The summed E-state index contributed by atoms with van der Waals surface area (Å²) in [5.74, 6) is 0. The Balaban J connectivity index is -0.0000000417. The Morgan fingerprint density at radius 2 is 0.778 bits per heavy atom. The third kappa shape index (κ3) is 88.1. The second kappa shape index (κ2) is 6.83. The molecule has 0 rings (SSSR count). The van der Waals surface area contributed by atoms with E-state index in [2.05, 4.69) is 0 Å². The first-order chi connectivity index (χ1) is 2.24. The Hall–Kier alpha value is 3.36. The molecule has 0 saturated carbocycles. The SMILES string of the molecule is [BiH3].[CaH2].[O]=[Ta](=[O])(=[O])(=[O])=[O].[SrH2]. The molecule has 0 aromatic rings. The van der Waals surface area contributed by atoms with Crippen molar-refractivity contribution in [3.05, 3.63) is 0 Å². The second-order valence-corrected chi connectivity index (χ2v) is 6.10. The topological polar surface area (TPSA) is 85.3 Å². The van der Waals surface area contributed by atoms with E-state index in [0.29, 0.717) is 0 Å². The molecule has 5 nitrogen and oxygen atoms in total. The van der Waals surface area contributed by atoms with Gasteiger partial charge in [-0.15, -0.1) is 0 Å². The van der Waals surface area contributed by atoms with E-state index < -0.39 is 15.7 Å². The van der Waals surface area contributed by atoms with E-state index in [0.717, 1.165) is 0 Å². The van der Waals surface area contributed by atoms with Gasteiger partial charge in [-0.2, -0.15) is 0 Å². The van der Waals surface area contributed by atoms with Gasteiger partial charge in [0.25, 0.3) is 0 Å². The molecule has 0 atom stereocenters. The third-order valence-electron chi connectivity index (χ3n) is 0. The number of hydrogen-bond donors (Lipinski definition) is 0. The molecule has 0 fully saturated rings. The van der Waals surface area contributed by atoms with Crippen LogP contribution < -0.4 is 0 Å². The third-order valence-corrected chi connectivity index (χ3v) is 0. The zero-order chi connectivity index (χ0) is 5.45. The molecular weight excluding hydrogens is 598 g/mol. The van der Waals surface area contributed by atoms with Gasteiger partial charge in [-0.05, 0) is 0 Å². The summed E-state index contributed by atoms with van der Waals surface area (Å²) in [5.41, 5.74) is 0. The summed E-state index contributed by atoms with van der Waals surface area (Å²) in [6.45, 7) is 0. The van der Waals surface area contributed by atoms with Crippen LogP contribution in [0.15, 0.2) is 0 Å². The van der Waals surface area contributed by atoms with Crippen LogP contribution in [0.2, 0.25) is 0 Å². The summed E-state index contributed by atoms with van der Waals surface area (Å²) >= 11 is -8.05. The molecule has 0 amide bonds. The normalized spacial score (nSPS) is 6.67. The van der Waals surface area contributed by atoms with Crippen molar-refractivity contribution in [1.82, 2.24) is 0 Å². The minimum absolute atomic E-state index is 0. The molecule has 0 aliphatic carbocycles. The Bertz CT molecular complexity index is 287. The van der Waals surface area contributed by atoms with Crippen molar-refractivity contribution in [2.24, 2.45) is 0 Å². The molecule has 0 spiro atoms. The number of rotatable bonds is 0. The fraction of sp³-hybridized carbons (Fsp3) is 0. The van der Waals surface area contributed by atoms with Crippen molar-refractivity contribution in [2.45, 2.75) is 0 Å². The van der Waals surface area contributed by atoms with Gasteiger partial charge >= 0.3 is 141 Å². The molecule has 0 heterocycles. The Morgan fingerprint density at radius 3 is 0.778 bits per heavy atom. The van der Waals surface area contributed by atoms with Gasteiger partial charge in [-0.1, -0.05) is 0 Å². The van der Waals surface area contributed by atoms with Crippen molar-refractivity contribution >= 4 is 109 Å². The first-order valence-corrected chi connectivity index (χ1v) is 7.47. The van der Waals surface area contributed by atoms with Crippen LogP contribution >= 0.6 is 0 Å². The summed E-state index contributed by atoms with van der Waals surface area (Å²) < 4.78 is 43.4. The fourth-order valence-corrected chi connectivity index (χ4v) is 0. The van der Waals surface area contributed by atoms with Gasteiger partial charge in [0.2, 0.25) is 0 Å². The molecule has 0 bridgehead atoms. The van der Waals surface area contributed by atoms with Crippen LogP contribution in [0.5, 0.6) is 0 Å². The maximum absolute atomic E-state index is 8.67. The maximum atomic E-state index is 8.67.